The molecule has 0 unspecified atom stereocenters. The van der Waals surface area contributed by atoms with Crippen LogP contribution >= 0.6 is 0 Å². The van der Waals surface area contributed by atoms with Crippen LogP contribution in [0.1, 0.15) is 25.0 Å². The first-order valence-electron chi connectivity index (χ1n) is 8.01. The highest BCUT2D eigenvalue weighted by atomic mass is 19.4. The van der Waals surface area contributed by atoms with Gasteiger partial charge in [0, 0.05) is 18.2 Å². The van der Waals surface area contributed by atoms with E-state index in [2.05, 4.69) is 19.2 Å². The minimum Gasteiger partial charge on any atom is -0.492 e. The number of alkyl halides is 3. The summed E-state index contributed by atoms with van der Waals surface area (Å²) in [7, 11) is 0. The van der Waals surface area contributed by atoms with Crippen molar-refractivity contribution >= 4 is 0 Å². The van der Waals surface area contributed by atoms with Gasteiger partial charge >= 0.3 is 6.18 Å². The number of halogens is 3. The van der Waals surface area contributed by atoms with E-state index in [0.717, 1.165) is 34.6 Å². The first kappa shape index (κ1) is 16.8. The number of ether oxygens (including phenoxy) is 1. The van der Waals surface area contributed by atoms with Crippen LogP contribution in [0.5, 0.6) is 5.75 Å². The fourth-order valence-electron chi connectivity index (χ4n) is 2.80. The van der Waals surface area contributed by atoms with Crippen LogP contribution in [0, 0.1) is 5.92 Å². The molecular formula is C19H20F3NO. The van der Waals surface area contributed by atoms with Gasteiger partial charge in [-0.3, -0.25) is 0 Å². The summed E-state index contributed by atoms with van der Waals surface area (Å²) in [6, 6.07) is 11.3. The van der Waals surface area contributed by atoms with Crippen LogP contribution in [0.25, 0.3) is 11.1 Å². The van der Waals surface area contributed by atoms with E-state index in [9.17, 15) is 13.2 Å². The molecule has 0 saturated carbocycles. The van der Waals surface area contributed by atoms with Crippen molar-refractivity contribution in [3.8, 4) is 16.9 Å². The Morgan fingerprint density at radius 2 is 1.71 bits per heavy atom. The molecule has 0 bridgehead atoms. The topological polar surface area (TPSA) is 21.3 Å². The smallest absolute Gasteiger partial charge is 0.416 e. The van der Waals surface area contributed by atoms with Crippen molar-refractivity contribution in [2.24, 2.45) is 5.92 Å². The molecule has 1 atom stereocenters. The summed E-state index contributed by atoms with van der Waals surface area (Å²) in [5.74, 6) is 1.30. The van der Waals surface area contributed by atoms with Crippen LogP contribution in [0.4, 0.5) is 13.2 Å². The Morgan fingerprint density at radius 1 is 1.04 bits per heavy atom. The molecule has 3 rings (SSSR count). The van der Waals surface area contributed by atoms with E-state index < -0.39 is 11.7 Å². The zero-order valence-corrected chi connectivity index (χ0v) is 13.7. The largest absolute Gasteiger partial charge is 0.492 e. The van der Waals surface area contributed by atoms with Crippen LogP contribution in [0.15, 0.2) is 42.5 Å². The van der Waals surface area contributed by atoms with Gasteiger partial charge in [-0.2, -0.15) is 13.2 Å². The SMILES string of the molecule is CC(C)[C@H]1COc2ccc(-c3ccc(C(F)(F)F)cc3)cc2CN1. The maximum absolute atomic E-state index is 12.7. The van der Waals surface area contributed by atoms with Crippen molar-refractivity contribution in [1.82, 2.24) is 5.32 Å². The van der Waals surface area contributed by atoms with Crippen molar-refractivity contribution in [3.63, 3.8) is 0 Å². The van der Waals surface area contributed by atoms with E-state index in [1.54, 1.807) is 0 Å². The molecule has 0 saturated heterocycles. The molecule has 24 heavy (non-hydrogen) atoms. The predicted octanol–water partition coefficient (Wildman–Crippen LogP) is 4.88. The lowest BCUT2D eigenvalue weighted by molar-refractivity contribution is -0.137. The Bertz CT molecular complexity index is 708. The van der Waals surface area contributed by atoms with Gasteiger partial charge in [0.1, 0.15) is 12.4 Å². The number of rotatable bonds is 2. The maximum atomic E-state index is 12.7. The Kier molecular flexibility index (Phi) is 4.54. The first-order chi connectivity index (χ1) is 11.3. The quantitative estimate of drug-likeness (QED) is 0.845. The average Bonchev–Trinajstić information content (AvgIpc) is 2.76. The number of benzene rings is 2. The second-order valence-corrected chi connectivity index (χ2v) is 6.44. The summed E-state index contributed by atoms with van der Waals surface area (Å²) in [5, 5.41) is 3.47. The van der Waals surface area contributed by atoms with Gasteiger partial charge in [0.15, 0.2) is 0 Å². The van der Waals surface area contributed by atoms with Gasteiger partial charge in [-0.15, -0.1) is 0 Å². The van der Waals surface area contributed by atoms with Crippen molar-refractivity contribution < 1.29 is 17.9 Å². The van der Waals surface area contributed by atoms with E-state index in [1.807, 2.05) is 18.2 Å². The molecule has 1 aliphatic heterocycles. The van der Waals surface area contributed by atoms with E-state index in [0.29, 0.717) is 19.1 Å². The van der Waals surface area contributed by atoms with Gasteiger partial charge < -0.3 is 10.1 Å². The fourth-order valence-corrected chi connectivity index (χ4v) is 2.80. The lowest BCUT2D eigenvalue weighted by atomic mass is 10.0. The number of fused-ring (bicyclic) bond motifs is 1. The molecule has 1 heterocycles. The van der Waals surface area contributed by atoms with Crippen LogP contribution in [0.2, 0.25) is 0 Å². The summed E-state index contributed by atoms with van der Waals surface area (Å²) in [6.07, 6.45) is -4.31. The molecule has 5 heteroatoms. The van der Waals surface area contributed by atoms with Crippen molar-refractivity contribution in [2.45, 2.75) is 32.6 Å². The summed E-state index contributed by atoms with van der Waals surface area (Å²) in [4.78, 5) is 0. The molecule has 0 radical (unpaired) electrons. The van der Waals surface area contributed by atoms with Gasteiger partial charge in [-0.25, -0.2) is 0 Å². The maximum Gasteiger partial charge on any atom is 0.416 e. The Hall–Kier alpha value is -2.01. The lowest BCUT2D eigenvalue weighted by Gasteiger charge is -2.18. The fraction of sp³-hybridized carbons (Fsp3) is 0.368. The molecule has 1 aliphatic rings. The van der Waals surface area contributed by atoms with Crippen LogP contribution in [-0.2, 0) is 12.7 Å². The van der Waals surface area contributed by atoms with Gasteiger partial charge in [0.2, 0.25) is 0 Å². The van der Waals surface area contributed by atoms with Crippen LogP contribution in [-0.4, -0.2) is 12.6 Å². The van der Waals surface area contributed by atoms with Crippen molar-refractivity contribution in [2.75, 3.05) is 6.61 Å². The monoisotopic (exact) mass is 335 g/mol. The van der Waals surface area contributed by atoms with E-state index in [1.165, 1.54) is 12.1 Å². The summed E-state index contributed by atoms with van der Waals surface area (Å²) in [5.41, 5.74) is 2.03. The van der Waals surface area contributed by atoms with E-state index >= 15 is 0 Å². The highest BCUT2D eigenvalue weighted by molar-refractivity contribution is 5.66. The zero-order chi connectivity index (χ0) is 17.3. The Balaban J connectivity index is 1.85. The third-order valence-electron chi connectivity index (χ3n) is 4.38. The normalized spacial score (nSPS) is 18.0. The first-order valence-corrected chi connectivity index (χ1v) is 8.01. The Morgan fingerprint density at radius 3 is 2.33 bits per heavy atom. The van der Waals surface area contributed by atoms with E-state index in [-0.39, 0.29) is 6.04 Å². The van der Waals surface area contributed by atoms with Crippen molar-refractivity contribution in [1.29, 1.82) is 0 Å². The summed E-state index contributed by atoms with van der Waals surface area (Å²) < 4.78 is 43.9. The molecule has 2 aromatic rings. The molecule has 2 aromatic carbocycles. The standard InChI is InChI=1S/C19H20F3NO/c1-12(2)17-11-24-18-8-5-14(9-15(18)10-23-17)13-3-6-16(7-4-13)19(20,21)22/h3-9,12,17,23H,10-11H2,1-2H3/t17-/m1/s1. The minimum atomic E-state index is -4.31. The highest BCUT2D eigenvalue weighted by Gasteiger charge is 2.30. The molecule has 1 N–H and O–H groups in total. The molecule has 0 amide bonds. The molecule has 128 valence electrons. The van der Waals surface area contributed by atoms with Crippen LogP contribution in [0.3, 0.4) is 0 Å². The molecule has 2 nitrogen and oxygen atoms in total. The summed E-state index contributed by atoms with van der Waals surface area (Å²) in [6.45, 7) is 5.59. The average molecular weight is 335 g/mol. The molecule has 0 aliphatic carbocycles. The third-order valence-corrected chi connectivity index (χ3v) is 4.38. The van der Waals surface area contributed by atoms with Crippen molar-refractivity contribution in [3.05, 3.63) is 53.6 Å². The number of hydrogen-bond acceptors (Lipinski definition) is 2. The predicted molar refractivity (Wildman–Crippen MR) is 87.8 cm³/mol. The minimum absolute atomic E-state index is 0.284. The second kappa shape index (κ2) is 6.48. The van der Waals surface area contributed by atoms with Gasteiger partial charge in [0.05, 0.1) is 5.56 Å². The second-order valence-electron chi connectivity index (χ2n) is 6.44. The van der Waals surface area contributed by atoms with Crippen LogP contribution < -0.4 is 10.1 Å². The molecule has 0 fully saturated rings. The zero-order valence-electron chi connectivity index (χ0n) is 13.7. The van der Waals surface area contributed by atoms with Gasteiger partial charge in [-0.1, -0.05) is 32.0 Å². The summed E-state index contributed by atoms with van der Waals surface area (Å²) >= 11 is 0. The number of nitrogens with one attached hydrogen (secondary N) is 1. The molecule has 0 spiro atoms. The molecule has 0 aromatic heterocycles. The Labute approximate surface area is 139 Å². The van der Waals surface area contributed by atoms with Gasteiger partial charge in [-0.05, 0) is 41.3 Å². The lowest BCUT2D eigenvalue weighted by Crippen LogP contribution is -2.36. The number of hydrogen-bond donors (Lipinski definition) is 1. The van der Waals surface area contributed by atoms with Gasteiger partial charge in [0.25, 0.3) is 0 Å². The highest BCUT2D eigenvalue weighted by Crippen LogP contribution is 2.32. The third kappa shape index (κ3) is 3.56. The van der Waals surface area contributed by atoms with E-state index in [4.69, 9.17) is 4.74 Å². The molecular weight excluding hydrogens is 315 g/mol.